The van der Waals surface area contributed by atoms with Gasteiger partial charge in [0.15, 0.2) is 0 Å². The summed E-state index contributed by atoms with van der Waals surface area (Å²) in [5.41, 5.74) is 0. The molecule has 0 amide bonds. The lowest BCUT2D eigenvalue weighted by atomic mass is 10.2. The van der Waals surface area contributed by atoms with E-state index in [0.717, 1.165) is 32.7 Å². The van der Waals surface area contributed by atoms with Crippen LogP contribution in [0.2, 0.25) is 0 Å². The van der Waals surface area contributed by atoms with Gasteiger partial charge in [0.25, 0.3) is 0 Å². The topological polar surface area (TPSA) is 70.7 Å². The third-order valence-electron chi connectivity index (χ3n) is 3.65. The molecule has 0 unspecified atom stereocenters. The van der Waals surface area contributed by atoms with Crippen LogP contribution in [0.25, 0.3) is 0 Å². The Kier molecular flexibility index (Phi) is 11.7. The van der Waals surface area contributed by atoms with Crippen molar-refractivity contribution in [3.8, 4) is 5.75 Å². The Morgan fingerprint density at radius 1 is 1.16 bits per heavy atom. The molecular weight excluding hydrogens is 385 g/mol. The van der Waals surface area contributed by atoms with Crippen molar-refractivity contribution in [2.45, 2.75) is 18.7 Å². The molecular formula is C16H29Cl2N3O3S. The maximum Gasteiger partial charge on any atom is 0.240 e. The lowest BCUT2D eigenvalue weighted by Crippen LogP contribution is -2.46. The maximum absolute atomic E-state index is 12.3. The minimum Gasteiger partial charge on any atom is -0.493 e. The van der Waals surface area contributed by atoms with Gasteiger partial charge in [-0.25, -0.2) is 13.1 Å². The molecule has 0 radical (unpaired) electrons. The summed E-state index contributed by atoms with van der Waals surface area (Å²) < 4.78 is 32.8. The molecule has 1 heterocycles. The Morgan fingerprint density at radius 3 is 2.32 bits per heavy atom. The molecule has 0 bridgehead atoms. The monoisotopic (exact) mass is 413 g/mol. The zero-order valence-corrected chi connectivity index (χ0v) is 17.2. The van der Waals surface area contributed by atoms with Gasteiger partial charge in [-0.3, -0.25) is 4.90 Å². The van der Waals surface area contributed by atoms with Crippen LogP contribution in [0, 0.1) is 5.92 Å². The molecule has 0 saturated carbocycles. The number of hydrogen-bond donors (Lipinski definition) is 2. The predicted octanol–water partition coefficient (Wildman–Crippen LogP) is 1.75. The molecule has 0 aliphatic carbocycles. The summed E-state index contributed by atoms with van der Waals surface area (Å²) in [4.78, 5) is 2.52. The van der Waals surface area contributed by atoms with Gasteiger partial charge >= 0.3 is 0 Å². The average molecular weight is 414 g/mol. The van der Waals surface area contributed by atoms with Crippen molar-refractivity contribution in [3.05, 3.63) is 24.3 Å². The Labute approximate surface area is 163 Å². The molecule has 0 aromatic heterocycles. The third kappa shape index (κ3) is 8.57. The lowest BCUT2D eigenvalue weighted by molar-refractivity contribution is 0.245. The van der Waals surface area contributed by atoms with E-state index in [4.69, 9.17) is 4.74 Å². The summed E-state index contributed by atoms with van der Waals surface area (Å²) in [6, 6.07) is 6.58. The summed E-state index contributed by atoms with van der Waals surface area (Å²) >= 11 is 0. The maximum atomic E-state index is 12.3. The highest BCUT2D eigenvalue weighted by Crippen LogP contribution is 2.16. The number of benzene rings is 1. The Hall–Kier alpha value is -0.570. The fourth-order valence-electron chi connectivity index (χ4n) is 2.33. The van der Waals surface area contributed by atoms with Crippen molar-refractivity contribution in [1.82, 2.24) is 14.9 Å². The first kappa shape index (κ1) is 24.4. The van der Waals surface area contributed by atoms with E-state index in [9.17, 15) is 8.42 Å². The number of nitrogens with one attached hydrogen (secondary N) is 2. The van der Waals surface area contributed by atoms with E-state index in [-0.39, 0.29) is 29.7 Å². The van der Waals surface area contributed by atoms with Crippen molar-refractivity contribution >= 4 is 34.8 Å². The van der Waals surface area contributed by atoms with Crippen LogP contribution in [0.5, 0.6) is 5.75 Å². The minimum atomic E-state index is -3.46. The molecule has 1 saturated heterocycles. The molecule has 2 N–H and O–H groups in total. The van der Waals surface area contributed by atoms with Crippen LogP contribution in [0.15, 0.2) is 29.2 Å². The van der Waals surface area contributed by atoms with Crippen LogP contribution >= 0.6 is 24.8 Å². The van der Waals surface area contributed by atoms with Gasteiger partial charge in [-0.05, 0) is 30.2 Å². The molecule has 1 aliphatic heterocycles. The Bertz CT molecular complexity index is 577. The normalized spacial score (nSPS) is 15.3. The first-order valence-electron chi connectivity index (χ1n) is 8.13. The highest BCUT2D eigenvalue weighted by Gasteiger charge is 2.15. The van der Waals surface area contributed by atoms with Crippen molar-refractivity contribution in [2.24, 2.45) is 5.92 Å². The van der Waals surface area contributed by atoms with Crippen LogP contribution in [0.1, 0.15) is 13.8 Å². The Balaban J connectivity index is 0.00000288. The number of ether oxygens (including phenoxy) is 1. The number of piperazine rings is 1. The average Bonchev–Trinajstić information content (AvgIpc) is 2.54. The molecule has 1 aromatic carbocycles. The van der Waals surface area contributed by atoms with Crippen molar-refractivity contribution in [1.29, 1.82) is 0 Å². The van der Waals surface area contributed by atoms with Gasteiger partial charge in [0.2, 0.25) is 10.0 Å². The standard InChI is InChI=1S/C16H27N3O3S.2ClH/c1-14(2)13-22-15-3-5-16(6-4-15)23(20,21)18-9-12-19-10-7-17-8-11-19;;/h3-6,14,17-18H,7-13H2,1-2H3;2*1H. The largest absolute Gasteiger partial charge is 0.493 e. The summed E-state index contributed by atoms with van der Waals surface area (Å²) in [7, 11) is -3.46. The number of hydrogen-bond acceptors (Lipinski definition) is 5. The number of sulfonamides is 1. The third-order valence-corrected chi connectivity index (χ3v) is 5.12. The number of nitrogens with zero attached hydrogens (tertiary/aromatic N) is 1. The van der Waals surface area contributed by atoms with Gasteiger partial charge in [-0.2, -0.15) is 0 Å². The van der Waals surface area contributed by atoms with E-state index >= 15 is 0 Å². The highest BCUT2D eigenvalue weighted by molar-refractivity contribution is 7.89. The molecule has 0 spiro atoms. The van der Waals surface area contributed by atoms with Crippen LogP contribution < -0.4 is 14.8 Å². The molecule has 25 heavy (non-hydrogen) atoms. The quantitative estimate of drug-likeness (QED) is 0.678. The van der Waals surface area contributed by atoms with Crippen LogP contribution in [0.4, 0.5) is 0 Å². The molecule has 0 atom stereocenters. The van der Waals surface area contributed by atoms with Gasteiger partial charge in [-0.15, -0.1) is 24.8 Å². The molecule has 146 valence electrons. The molecule has 9 heteroatoms. The van der Waals surface area contributed by atoms with Gasteiger partial charge in [-0.1, -0.05) is 13.8 Å². The Morgan fingerprint density at radius 2 is 1.76 bits per heavy atom. The lowest BCUT2D eigenvalue weighted by Gasteiger charge is -2.27. The van der Waals surface area contributed by atoms with E-state index < -0.39 is 10.0 Å². The van der Waals surface area contributed by atoms with E-state index in [1.807, 2.05) is 0 Å². The van der Waals surface area contributed by atoms with Gasteiger partial charge in [0.05, 0.1) is 11.5 Å². The van der Waals surface area contributed by atoms with Crippen LogP contribution in [-0.4, -0.2) is 59.2 Å². The fraction of sp³-hybridized carbons (Fsp3) is 0.625. The molecule has 1 aliphatic rings. The summed E-state index contributed by atoms with van der Waals surface area (Å²) in [6.07, 6.45) is 0. The fourth-order valence-corrected chi connectivity index (χ4v) is 3.36. The van der Waals surface area contributed by atoms with E-state index in [1.54, 1.807) is 24.3 Å². The van der Waals surface area contributed by atoms with Crippen molar-refractivity contribution < 1.29 is 13.2 Å². The van der Waals surface area contributed by atoms with Gasteiger partial charge in [0, 0.05) is 39.3 Å². The molecule has 6 nitrogen and oxygen atoms in total. The summed E-state index contributed by atoms with van der Waals surface area (Å²) in [6.45, 7) is 9.77. The second-order valence-electron chi connectivity index (χ2n) is 6.17. The summed E-state index contributed by atoms with van der Waals surface area (Å²) in [5.74, 6) is 1.13. The van der Waals surface area contributed by atoms with Crippen molar-refractivity contribution in [3.63, 3.8) is 0 Å². The molecule has 1 aromatic rings. The molecule has 1 fully saturated rings. The predicted molar refractivity (Wildman–Crippen MR) is 106 cm³/mol. The first-order chi connectivity index (χ1) is 11.0. The summed E-state index contributed by atoms with van der Waals surface area (Å²) in [5, 5.41) is 3.28. The van der Waals surface area contributed by atoms with Gasteiger partial charge < -0.3 is 10.1 Å². The zero-order valence-electron chi connectivity index (χ0n) is 14.7. The first-order valence-corrected chi connectivity index (χ1v) is 9.61. The van der Waals surface area contributed by atoms with Gasteiger partial charge in [0.1, 0.15) is 5.75 Å². The number of halogens is 2. The second-order valence-corrected chi connectivity index (χ2v) is 7.93. The SMILES string of the molecule is CC(C)COc1ccc(S(=O)(=O)NCCN2CCNCC2)cc1.Cl.Cl. The highest BCUT2D eigenvalue weighted by atomic mass is 35.5. The minimum absolute atomic E-state index is 0. The second kappa shape index (κ2) is 11.9. The van der Waals surface area contributed by atoms with E-state index in [2.05, 4.69) is 28.8 Å². The van der Waals surface area contributed by atoms with E-state index in [1.165, 1.54) is 0 Å². The zero-order chi connectivity index (χ0) is 16.7. The number of rotatable bonds is 8. The molecule has 2 rings (SSSR count). The van der Waals surface area contributed by atoms with Crippen LogP contribution in [-0.2, 0) is 10.0 Å². The van der Waals surface area contributed by atoms with Crippen molar-refractivity contribution in [2.75, 3.05) is 45.9 Å². The van der Waals surface area contributed by atoms with E-state index in [0.29, 0.717) is 24.8 Å². The smallest absolute Gasteiger partial charge is 0.240 e. The van der Waals surface area contributed by atoms with Crippen LogP contribution in [0.3, 0.4) is 0 Å².